The highest BCUT2D eigenvalue weighted by atomic mass is 79.9. The number of amides is 1. The van der Waals surface area contributed by atoms with E-state index < -0.39 is 10.0 Å². The lowest BCUT2D eigenvalue weighted by Gasteiger charge is -2.24. The van der Waals surface area contributed by atoms with Crippen LogP contribution in [-0.4, -0.2) is 30.2 Å². The smallest absolute Gasteiger partial charge is 0.252 e. The minimum atomic E-state index is -3.49. The van der Waals surface area contributed by atoms with Crippen LogP contribution in [-0.2, 0) is 27.8 Å². The van der Waals surface area contributed by atoms with E-state index in [1.165, 1.54) is 27.0 Å². The Balaban J connectivity index is 1.50. The minimum Gasteiger partial charge on any atom is -0.302 e. The molecule has 3 heterocycles. The first-order valence-corrected chi connectivity index (χ1v) is 11.8. The van der Waals surface area contributed by atoms with Gasteiger partial charge in [-0.1, -0.05) is 6.42 Å². The molecule has 0 radical (unpaired) electrons. The summed E-state index contributed by atoms with van der Waals surface area (Å²) in [7, 11) is -3.49. The molecule has 1 aliphatic carbocycles. The summed E-state index contributed by atoms with van der Waals surface area (Å²) in [6.07, 6.45) is 3.56. The van der Waals surface area contributed by atoms with Gasteiger partial charge in [-0.25, -0.2) is 13.4 Å². The van der Waals surface area contributed by atoms with Gasteiger partial charge in [0.15, 0.2) is 5.13 Å². The summed E-state index contributed by atoms with van der Waals surface area (Å²) in [5, 5.41) is 3.47. The quantitative estimate of drug-likeness (QED) is 0.755. The molecule has 2 aliphatic rings. The molecular formula is C15H16BrN3O3S3. The van der Waals surface area contributed by atoms with Crippen molar-refractivity contribution in [2.75, 3.05) is 11.9 Å². The number of thiazole rings is 1. The lowest BCUT2D eigenvalue weighted by atomic mass is 9.85. The van der Waals surface area contributed by atoms with Crippen molar-refractivity contribution in [3.8, 4) is 0 Å². The van der Waals surface area contributed by atoms with E-state index >= 15 is 0 Å². The number of halogens is 1. The molecule has 1 aliphatic heterocycles. The number of thiophene rings is 1. The number of hydrogen-bond donors (Lipinski definition) is 1. The topological polar surface area (TPSA) is 79.4 Å². The molecule has 25 heavy (non-hydrogen) atoms. The fourth-order valence-electron chi connectivity index (χ4n) is 2.87. The van der Waals surface area contributed by atoms with Gasteiger partial charge in [0.2, 0.25) is 5.91 Å². The van der Waals surface area contributed by atoms with Crippen LogP contribution in [0.15, 0.2) is 20.1 Å². The number of rotatable bonds is 4. The second-order valence-corrected chi connectivity index (χ2v) is 11.9. The molecule has 1 N–H and O–H groups in total. The highest BCUT2D eigenvalue weighted by Crippen LogP contribution is 2.35. The second-order valence-electron chi connectivity index (χ2n) is 6.15. The standard InChI is InChI=1S/C15H16BrN3O3S3/c16-12-4-5-13(24-12)25(21,22)19-7-6-10-11(8-19)23-15(17-10)18-14(20)9-2-1-3-9/h4-5,9H,1-3,6-8H2,(H,17,18,20). The number of aromatic nitrogens is 1. The van der Waals surface area contributed by atoms with E-state index in [0.29, 0.717) is 28.9 Å². The van der Waals surface area contributed by atoms with Gasteiger partial charge in [-0.15, -0.1) is 22.7 Å². The highest BCUT2D eigenvalue weighted by Gasteiger charge is 2.32. The van der Waals surface area contributed by atoms with Gasteiger partial charge in [-0.05, 0) is 40.9 Å². The highest BCUT2D eigenvalue weighted by molar-refractivity contribution is 9.11. The number of fused-ring (bicyclic) bond motifs is 1. The first kappa shape index (κ1) is 17.6. The van der Waals surface area contributed by atoms with Gasteiger partial charge in [0.1, 0.15) is 4.21 Å². The summed E-state index contributed by atoms with van der Waals surface area (Å²) in [4.78, 5) is 17.5. The number of anilines is 1. The number of hydrogen-bond acceptors (Lipinski definition) is 6. The maximum Gasteiger partial charge on any atom is 0.252 e. The zero-order valence-corrected chi connectivity index (χ0v) is 17.2. The Morgan fingerprint density at radius 3 is 2.76 bits per heavy atom. The third-order valence-electron chi connectivity index (χ3n) is 4.55. The molecule has 10 heteroatoms. The molecule has 0 aromatic carbocycles. The maximum atomic E-state index is 12.8. The first-order chi connectivity index (χ1) is 11.9. The van der Waals surface area contributed by atoms with Crippen LogP contribution < -0.4 is 5.32 Å². The van der Waals surface area contributed by atoms with Gasteiger partial charge in [0, 0.05) is 23.8 Å². The number of nitrogens with one attached hydrogen (secondary N) is 1. The molecule has 1 fully saturated rings. The number of nitrogens with zero attached hydrogens (tertiary/aromatic N) is 2. The Kier molecular flexibility index (Phi) is 4.74. The van der Waals surface area contributed by atoms with E-state index in [1.54, 1.807) is 12.1 Å². The van der Waals surface area contributed by atoms with Crippen LogP contribution in [0.1, 0.15) is 29.8 Å². The fraction of sp³-hybridized carbons (Fsp3) is 0.467. The van der Waals surface area contributed by atoms with E-state index in [4.69, 9.17) is 0 Å². The molecular weight excluding hydrogens is 446 g/mol. The molecule has 2 aromatic heterocycles. The van der Waals surface area contributed by atoms with Crippen molar-refractivity contribution < 1.29 is 13.2 Å². The maximum absolute atomic E-state index is 12.8. The van der Waals surface area contributed by atoms with Crippen LogP contribution in [0.4, 0.5) is 5.13 Å². The predicted molar refractivity (Wildman–Crippen MR) is 101 cm³/mol. The summed E-state index contributed by atoms with van der Waals surface area (Å²) in [6.45, 7) is 0.717. The van der Waals surface area contributed by atoms with Gasteiger partial charge in [0.25, 0.3) is 10.0 Å². The molecule has 4 rings (SSSR count). The summed E-state index contributed by atoms with van der Waals surface area (Å²) in [5.41, 5.74) is 0.896. The van der Waals surface area contributed by atoms with E-state index in [-0.39, 0.29) is 11.8 Å². The molecule has 6 nitrogen and oxygen atoms in total. The molecule has 0 bridgehead atoms. The minimum absolute atomic E-state index is 0.0326. The van der Waals surface area contributed by atoms with Crippen molar-refractivity contribution in [2.24, 2.45) is 5.92 Å². The Morgan fingerprint density at radius 2 is 2.12 bits per heavy atom. The van der Waals surface area contributed by atoms with Crippen LogP contribution >= 0.6 is 38.6 Å². The summed E-state index contributed by atoms with van der Waals surface area (Å²) >= 11 is 5.90. The Bertz CT molecular complexity index is 918. The average molecular weight is 462 g/mol. The van der Waals surface area contributed by atoms with E-state index in [1.807, 2.05) is 0 Å². The third kappa shape index (κ3) is 3.42. The van der Waals surface area contributed by atoms with Crippen LogP contribution in [0.25, 0.3) is 0 Å². The number of carbonyl (C=O) groups is 1. The first-order valence-electron chi connectivity index (χ1n) is 7.98. The Labute approximate surface area is 162 Å². The molecule has 2 aromatic rings. The van der Waals surface area contributed by atoms with Crippen molar-refractivity contribution in [2.45, 2.75) is 36.4 Å². The van der Waals surface area contributed by atoms with Crippen LogP contribution in [0.5, 0.6) is 0 Å². The largest absolute Gasteiger partial charge is 0.302 e. The van der Waals surface area contributed by atoms with Crippen molar-refractivity contribution in [3.63, 3.8) is 0 Å². The van der Waals surface area contributed by atoms with Crippen LogP contribution in [0.2, 0.25) is 0 Å². The lowest BCUT2D eigenvalue weighted by molar-refractivity contribution is -0.122. The lowest BCUT2D eigenvalue weighted by Crippen LogP contribution is -2.35. The molecule has 0 unspecified atom stereocenters. The fourth-order valence-corrected chi connectivity index (χ4v) is 7.55. The van der Waals surface area contributed by atoms with E-state index in [0.717, 1.165) is 33.6 Å². The Hall–Kier alpha value is -0.810. The second kappa shape index (κ2) is 6.73. The van der Waals surface area contributed by atoms with Crippen molar-refractivity contribution in [3.05, 3.63) is 26.5 Å². The zero-order valence-electron chi connectivity index (χ0n) is 13.2. The van der Waals surface area contributed by atoms with Gasteiger partial charge < -0.3 is 5.32 Å². The van der Waals surface area contributed by atoms with Crippen LogP contribution in [0.3, 0.4) is 0 Å². The average Bonchev–Trinajstić information content (AvgIpc) is 3.10. The number of carbonyl (C=O) groups excluding carboxylic acids is 1. The summed E-state index contributed by atoms with van der Waals surface area (Å²) in [5.74, 6) is 0.139. The van der Waals surface area contributed by atoms with E-state index in [9.17, 15) is 13.2 Å². The SMILES string of the molecule is O=C(Nc1nc2c(s1)CN(S(=O)(=O)c1ccc(Br)s1)CC2)C1CCC1. The van der Waals surface area contributed by atoms with E-state index in [2.05, 4.69) is 26.2 Å². The predicted octanol–water partition coefficient (Wildman–Crippen LogP) is 3.45. The normalized spacial score (nSPS) is 18.6. The molecule has 0 saturated heterocycles. The van der Waals surface area contributed by atoms with Gasteiger partial charge in [-0.2, -0.15) is 4.31 Å². The summed E-state index contributed by atoms with van der Waals surface area (Å²) in [6, 6.07) is 3.37. The van der Waals surface area contributed by atoms with Crippen molar-refractivity contribution in [1.82, 2.24) is 9.29 Å². The third-order valence-corrected chi connectivity index (χ3v) is 9.48. The monoisotopic (exact) mass is 461 g/mol. The number of sulfonamides is 1. The molecule has 1 saturated carbocycles. The Morgan fingerprint density at radius 1 is 1.32 bits per heavy atom. The summed E-state index contributed by atoms with van der Waals surface area (Å²) < 4.78 is 28.1. The van der Waals surface area contributed by atoms with Crippen molar-refractivity contribution >= 4 is 59.7 Å². The molecule has 0 spiro atoms. The molecule has 134 valence electrons. The van der Waals surface area contributed by atoms with Gasteiger partial charge in [-0.3, -0.25) is 4.79 Å². The molecule has 0 atom stereocenters. The van der Waals surface area contributed by atoms with Gasteiger partial charge in [0.05, 0.1) is 16.0 Å². The zero-order chi connectivity index (χ0) is 17.6. The molecule has 1 amide bonds. The van der Waals surface area contributed by atoms with Gasteiger partial charge >= 0.3 is 0 Å². The van der Waals surface area contributed by atoms with Crippen molar-refractivity contribution in [1.29, 1.82) is 0 Å². The van der Waals surface area contributed by atoms with Crippen LogP contribution in [0, 0.1) is 5.92 Å².